The molecular weight excluding hydrogens is 124 g/mol. The summed E-state index contributed by atoms with van der Waals surface area (Å²) in [5.74, 6) is 0.571. The van der Waals surface area contributed by atoms with Crippen molar-refractivity contribution in [2.24, 2.45) is 0 Å². The lowest BCUT2D eigenvalue weighted by atomic mass is 10.2. The number of aliphatic hydroxyl groups excluding tert-OH is 1. The number of hydrogen-bond donors (Lipinski definition) is 1. The maximum Gasteiger partial charge on any atom is 0.0551 e. The number of hydrogen-bond acceptors (Lipinski definition) is 1. The number of rotatable bonds is 4. The standard InChI is InChI=1S/C6H13ClO/c1-2-3-6(8)4-5-7/h6,8H,2-5H2,1H3. The summed E-state index contributed by atoms with van der Waals surface area (Å²) in [6.45, 7) is 2.05. The molecule has 0 aliphatic heterocycles. The Hall–Kier alpha value is 0.250. The molecule has 1 N–H and O–H groups in total. The van der Waals surface area contributed by atoms with Crippen LogP contribution in [0.25, 0.3) is 0 Å². The van der Waals surface area contributed by atoms with E-state index in [0.717, 1.165) is 19.3 Å². The Morgan fingerprint density at radius 3 is 2.50 bits per heavy atom. The zero-order valence-electron chi connectivity index (χ0n) is 5.23. The second-order valence-electron chi connectivity index (χ2n) is 1.92. The Labute approximate surface area is 55.7 Å². The van der Waals surface area contributed by atoms with Crippen molar-refractivity contribution in [3.63, 3.8) is 0 Å². The number of alkyl halides is 1. The quantitative estimate of drug-likeness (QED) is 0.585. The van der Waals surface area contributed by atoms with Crippen molar-refractivity contribution < 1.29 is 5.11 Å². The Kier molecular flexibility index (Phi) is 5.56. The molecule has 50 valence electrons. The summed E-state index contributed by atoms with van der Waals surface area (Å²) >= 11 is 5.37. The highest BCUT2D eigenvalue weighted by atomic mass is 35.5. The van der Waals surface area contributed by atoms with Crippen LogP contribution in [0.5, 0.6) is 0 Å². The van der Waals surface area contributed by atoms with E-state index in [1.54, 1.807) is 0 Å². The van der Waals surface area contributed by atoms with Gasteiger partial charge in [-0.15, -0.1) is 11.6 Å². The molecule has 0 rings (SSSR count). The van der Waals surface area contributed by atoms with Crippen LogP contribution in [-0.4, -0.2) is 17.1 Å². The minimum atomic E-state index is -0.169. The van der Waals surface area contributed by atoms with Gasteiger partial charge in [-0.05, 0) is 12.8 Å². The first-order valence-corrected chi connectivity index (χ1v) is 3.58. The van der Waals surface area contributed by atoms with Crippen molar-refractivity contribution in [3.8, 4) is 0 Å². The molecule has 0 radical (unpaired) electrons. The van der Waals surface area contributed by atoms with Gasteiger partial charge in [-0.1, -0.05) is 13.3 Å². The Balaban J connectivity index is 2.92. The van der Waals surface area contributed by atoms with E-state index in [1.807, 2.05) is 0 Å². The van der Waals surface area contributed by atoms with Crippen LogP contribution in [0.2, 0.25) is 0 Å². The van der Waals surface area contributed by atoms with Crippen molar-refractivity contribution in [2.45, 2.75) is 32.3 Å². The topological polar surface area (TPSA) is 20.2 Å². The molecule has 0 fully saturated rings. The van der Waals surface area contributed by atoms with Crippen molar-refractivity contribution in [1.29, 1.82) is 0 Å². The average molecular weight is 137 g/mol. The van der Waals surface area contributed by atoms with Crippen LogP contribution < -0.4 is 0 Å². The third-order valence-electron chi connectivity index (χ3n) is 1.06. The summed E-state index contributed by atoms with van der Waals surface area (Å²) in [5.41, 5.74) is 0. The van der Waals surface area contributed by atoms with Crippen LogP contribution in [0.3, 0.4) is 0 Å². The molecule has 0 aliphatic carbocycles. The highest BCUT2D eigenvalue weighted by Crippen LogP contribution is 2.01. The summed E-state index contributed by atoms with van der Waals surface area (Å²) in [6.07, 6.45) is 2.48. The molecule has 2 heteroatoms. The first-order valence-electron chi connectivity index (χ1n) is 3.05. The van der Waals surface area contributed by atoms with Crippen molar-refractivity contribution >= 4 is 11.6 Å². The van der Waals surface area contributed by atoms with E-state index < -0.39 is 0 Å². The normalized spacial score (nSPS) is 13.9. The molecule has 8 heavy (non-hydrogen) atoms. The smallest absolute Gasteiger partial charge is 0.0551 e. The van der Waals surface area contributed by atoms with Gasteiger partial charge in [0.1, 0.15) is 0 Å². The van der Waals surface area contributed by atoms with Gasteiger partial charge in [0.2, 0.25) is 0 Å². The van der Waals surface area contributed by atoms with Gasteiger partial charge in [0.05, 0.1) is 6.10 Å². The second-order valence-corrected chi connectivity index (χ2v) is 2.30. The van der Waals surface area contributed by atoms with E-state index >= 15 is 0 Å². The largest absolute Gasteiger partial charge is 0.393 e. The molecule has 0 amide bonds. The highest BCUT2D eigenvalue weighted by molar-refractivity contribution is 6.17. The van der Waals surface area contributed by atoms with Crippen LogP contribution in [-0.2, 0) is 0 Å². The number of aliphatic hydroxyl groups is 1. The molecule has 1 unspecified atom stereocenters. The van der Waals surface area contributed by atoms with Crippen molar-refractivity contribution in [2.75, 3.05) is 5.88 Å². The summed E-state index contributed by atoms with van der Waals surface area (Å²) in [7, 11) is 0. The van der Waals surface area contributed by atoms with Crippen molar-refractivity contribution in [1.82, 2.24) is 0 Å². The van der Waals surface area contributed by atoms with Crippen LogP contribution in [0.15, 0.2) is 0 Å². The molecule has 0 aromatic carbocycles. The predicted molar refractivity (Wildman–Crippen MR) is 36.3 cm³/mol. The summed E-state index contributed by atoms with van der Waals surface area (Å²) in [5, 5.41) is 8.96. The lowest BCUT2D eigenvalue weighted by molar-refractivity contribution is 0.160. The Morgan fingerprint density at radius 2 is 2.12 bits per heavy atom. The predicted octanol–water partition coefficient (Wildman–Crippen LogP) is 1.78. The van der Waals surface area contributed by atoms with Gasteiger partial charge in [0.25, 0.3) is 0 Å². The molecule has 0 heterocycles. The SMILES string of the molecule is CCCC(O)CCCl. The molecule has 0 aromatic rings. The first-order chi connectivity index (χ1) is 3.81. The lowest BCUT2D eigenvalue weighted by Gasteiger charge is -2.03. The van der Waals surface area contributed by atoms with Gasteiger partial charge in [0, 0.05) is 5.88 Å². The first kappa shape index (κ1) is 8.25. The molecule has 0 bridgehead atoms. The van der Waals surface area contributed by atoms with E-state index in [0.29, 0.717) is 5.88 Å². The monoisotopic (exact) mass is 136 g/mol. The summed E-state index contributed by atoms with van der Waals surface area (Å²) in [4.78, 5) is 0. The van der Waals surface area contributed by atoms with Gasteiger partial charge in [-0.3, -0.25) is 0 Å². The molecule has 1 atom stereocenters. The third kappa shape index (κ3) is 4.41. The Morgan fingerprint density at radius 1 is 1.50 bits per heavy atom. The molecule has 0 aliphatic rings. The fourth-order valence-corrected chi connectivity index (χ4v) is 0.855. The van der Waals surface area contributed by atoms with Gasteiger partial charge < -0.3 is 5.11 Å². The van der Waals surface area contributed by atoms with Gasteiger partial charge in [0.15, 0.2) is 0 Å². The average Bonchev–Trinajstić information content (AvgIpc) is 1.68. The minimum absolute atomic E-state index is 0.169. The van der Waals surface area contributed by atoms with E-state index in [9.17, 15) is 0 Å². The molecule has 0 aromatic heterocycles. The maximum atomic E-state index is 8.96. The van der Waals surface area contributed by atoms with Crippen LogP contribution in [0, 0.1) is 0 Å². The molecule has 0 spiro atoms. The third-order valence-corrected chi connectivity index (χ3v) is 1.28. The Bertz CT molecular complexity index is 41.8. The zero-order valence-corrected chi connectivity index (χ0v) is 5.99. The van der Waals surface area contributed by atoms with Crippen molar-refractivity contribution in [3.05, 3.63) is 0 Å². The van der Waals surface area contributed by atoms with Gasteiger partial charge >= 0.3 is 0 Å². The number of halogens is 1. The maximum absolute atomic E-state index is 8.96. The van der Waals surface area contributed by atoms with E-state index in [1.165, 1.54) is 0 Å². The highest BCUT2D eigenvalue weighted by Gasteiger charge is 1.98. The molecule has 1 nitrogen and oxygen atoms in total. The minimum Gasteiger partial charge on any atom is -0.393 e. The van der Waals surface area contributed by atoms with E-state index in [-0.39, 0.29) is 6.10 Å². The molecular formula is C6H13ClO. The summed E-state index contributed by atoms with van der Waals surface area (Å²) in [6, 6.07) is 0. The van der Waals surface area contributed by atoms with Gasteiger partial charge in [-0.25, -0.2) is 0 Å². The summed E-state index contributed by atoms with van der Waals surface area (Å²) < 4.78 is 0. The molecule has 0 saturated heterocycles. The van der Waals surface area contributed by atoms with Gasteiger partial charge in [-0.2, -0.15) is 0 Å². The fourth-order valence-electron chi connectivity index (χ4n) is 0.604. The van der Waals surface area contributed by atoms with Crippen LogP contribution in [0.4, 0.5) is 0 Å². The van der Waals surface area contributed by atoms with E-state index in [2.05, 4.69) is 6.92 Å². The fraction of sp³-hybridized carbons (Fsp3) is 1.00. The van der Waals surface area contributed by atoms with Crippen LogP contribution in [0.1, 0.15) is 26.2 Å². The molecule has 0 saturated carbocycles. The zero-order chi connectivity index (χ0) is 6.41. The van der Waals surface area contributed by atoms with E-state index in [4.69, 9.17) is 16.7 Å². The second kappa shape index (κ2) is 5.39. The van der Waals surface area contributed by atoms with Crippen LogP contribution >= 0.6 is 11.6 Å². The lowest BCUT2D eigenvalue weighted by Crippen LogP contribution is -2.05.